The first kappa shape index (κ1) is 34.7. The van der Waals surface area contributed by atoms with Crippen LogP contribution in [0.15, 0.2) is 11.6 Å². The zero-order valence-electron chi connectivity index (χ0n) is 26.4. The number of carbonyl (C=O) groups is 2. The van der Waals surface area contributed by atoms with E-state index < -0.39 is 0 Å². The third-order valence-corrected chi connectivity index (χ3v) is 8.55. The topological polar surface area (TPSA) is 52.6 Å². The largest absolute Gasteiger partial charge is 0.462 e. The van der Waals surface area contributed by atoms with Crippen molar-refractivity contribution in [3.8, 4) is 0 Å². The Hall–Kier alpha value is -1.32. The molecule has 1 aliphatic rings. The van der Waals surface area contributed by atoms with E-state index in [4.69, 9.17) is 9.47 Å². The van der Waals surface area contributed by atoms with Crippen LogP contribution in [0.1, 0.15) is 152 Å². The Bertz CT molecular complexity index is 679. The average Bonchev–Trinajstić information content (AvgIpc) is 2.82. The van der Waals surface area contributed by atoms with E-state index in [-0.39, 0.29) is 30.9 Å². The van der Waals surface area contributed by atoms with Crippen molar-refractivity contribution >= 4 is 11.9 Å². The summed E-state index contributed by atoms with van der Waals surface area (Å²) < 4.78 is 10.9. The summed E-state index contributed by atoms with van der Waals surface area (Å²) in [4.78, 5) is 24.2. The van der Waals surface area contributed by atoms with Crippen LogP contribution in [-0.2, 0) is 19.1 Å². The highest BCUT2D eigenvalue weighted by Gasteiger charge is 2.31. The lowest BCUT2D eigenvalue weighted by atomic mass is 9.72. The lowest BCUT2D eigenvalue weighted by Crippen LogP contribution is -2.30. The molecule has 2 atom stereocenters. The van der Waals surface area contributed by atoms with Crippen LogP contribution in [0.5, 0.6) is 0 Å². The summed E-state index contributed by atoms with van der Waals surface area (Å²) in [6, 6.07) is 0. The summed E-state index contributed by atoms with van der Waals surface area (Å²) in [6.45, 7) is 18.7. The predicted molar refractivity (Wildman–Crippen MR) is 160 cm³/mol. The highest BCUT2D eigenvalue weighted by Crippen LogP contribution is 2.38. The lowest BCUT2D eigenvalue weighted by molar-refractivity contribution is -0.155. The number of rotatable bonds is 18. The van der Waals surface area contributed by atoms with Crippen molar-refractivity contribution < 1.29 is 19.1 Å². The fraction of sp³-hybridized carbons (Fsp3) is 0.882. The molecule has 0 unspecified atom stereocenters. The van der Waals surface area contributed by atoms with Crippen molar-refractivity contribution in [2.24, 2.45) is 29.1 Å². The van der Waals surface area contributed by atoms with Gasteiger partial charge < -0.3 is 9.47 Å². The zero-order chi connectivity index (χ0) is 28.6. The van der Waals surface area contributed by atoms with Crippen LogP contribution in [0.25, 0.3) is 0 Å². The van der Waals surface area contributed by atoms with E-state index in [1.54, 1.807) is 0 Å². The minimum Gasteiger partial charge on any atom is -0.462 e. The normalized spacial score (nSPS) is 20.3. The van der Waals surface area contributed by atoms with Crippen molar-refractivity contribution in [2.75, 3.05) is 6.61 Å². The summed E-state index contributed by atoms with van der Waals surface area (Å²) in [5, 5.41) is 0. The molecule has 4 nitrogen and oxygen atoms in total. The number of ether oxygens (including phenoxy) is 2. The summed E-state index contributed by atoms with van der Waals surface area (Å²) >= 11 is 0. The highest BCUT2D eigenvalue weighted by atomic mass is 16.5. The van der Waals surface area contributed by atoms with Crippen LogP contribution in [0, 0.1) is 29.1 Å². The van der Waals surface area contributed by atoms with E-state index >= 15 is 0 Å². The maximum Gasteiger partial charge on any atom is 0.306 e. The van der Waals surface area contributed by atoms with Gasteiger partial charge in [-0.25, -0.2) is 0 Å². The van der Waals surface area contributed by atoms with Crippen LogP contribution < -0.4 is 0 Å². The lowest BCUT2D eigenvalue weighted by Gasteiger charge is -2.36. The minimum absolute atomic E-state index is 0.00791. The smallest absolute Gasteiger partial charge is 0.306 e. The van der Waals surface area contributed by atoms with Crippen molar-refractivity contribution in [3.05, 3.63) is 11.6 Å². The van der Waals surface area contributed by atoms with Crippen molar-refractivity contribution in [3.63, 3.8) is 0 Å². The van der Waals surface area contributed by atoms with Gasteiger partial charge in [0.05, 0.1) is 12.8 Å². The van der Waals surface area contributed by atoms with E-state index in [1.807, 2.05) is 6.08 Å². The first-order chi connectivity index (χ1) is 17.9. The van der Waals surface area contributed by atoms with Gasteiger partial charge in [0.25, 0.3) is 0 Å². The van der Waals surface area contributed by atoms with Gasteiger partial charge in [0.2, 0.25) is 0 Å². The summed E-state index contributed by atoms with van der Waals surface area (Å²) in [6.07, 6.45) is 17.9. The van der Waals surface area contributed by atoms with E-state index in [1.165, 1.54) is 56.9 Å². The van der Waals surface area contributed by atoms with E-state index in [9.17, 15) is 9.59 Å². The predicted octanol–water partition coefficient (Wildman–Crippen LogP) is 9.84. The number of esters is 2. The minimum atomic E-state index is -0.325. The van der Waals surface area contributed by atoms with Crippen molar-refractivity contribution in [1.29, 1.82) is 0 Å². The van der Waals surface area contributed by atoms with Gasteiger partial charge >= 0.3 is 11.9 Å². The summed E-state index contributed by atoms with van der Waals surface area (Å²) in [5.74, 6) is 2.55. The molecule has 0 spiro atoms. The molecular weight excluding hydrogens is 472 g/mol. The fourth-order valence-corrected chi connectivity index (χ4v) is 5.65. The Labute approximate surface area is 236 Å². The second kappa shape index (κ2) is 18.9. The maximum atomic E-state index is 12.2. The first-order valence-electron chi connectivity index (χ1n) is 15.9. The molecule has 0 aromatic carbocycles. The van der Waals surface area contributed by atoms with Crippen LogP contribution in [0.3, 0.4) is 0 Å². The van der Waals surface area contributed by atoms with Gasteiger partial charge in [0.1, 0.15) is 12.7 Å². The molecule has 1 saturated carbocycles. The molecule has 0 saturated heterocycles. The van der Waals surface area contributed by atoms with Gasteiger partial charge in [0.15, 0.2) is 0 Å². The fourth-order valence-electron chi connectivity index (χ4n) is 5.65. The van der Waals surface area contributed by atoms with Crippen LogP contribution in [0.2, 0.25) is 0 Å². The molecule has 0 aromatic rings. The molecule has 0 heterocycles. The first-order valence-corrected chi connectivity index (χ1v) is 15.9. The zero-order valence-corrected chi connectivity index (χ0v) is 26.4. The van der Waals surface area contributed by atoms with Crippen LogP contribution >= 0.6 is 0 Å². The Morgan fingerprint density at radius 1 is 0.763 bits per heavy atom. The Morgan fingerprint density at radius 3 is 1.84 bits per heavy atom. The third-order valence-electron chi connectivity index (χ3n) is 8.55. The molecular formula is C34H62O4. The quantitative estimate of drug-likeness (QED) is 0.130. The van der Waals surface area contributed by atoms with Gasteiger partial charge in [-0.3, -0.25) is 9.59 Å². The molecule has 222 valence electrons. The molecule has 38 heavy (non-hydrogen) atoms. The second-order valence-electron chi connectivity index (χ2n) is 13.9. The number of hydrogen-bond acceptors (Lipinski definition) is 4. The summed E-state index contributed by atoms with van der Waals surface area (Å²) in [7, 11) is 0. The SMILES string of the molecule is C/C(=C\COC(=O)CCC(=O)OC1CCC(C(C)(C)C)CC1)CCC[C@H](C)CCC[C@H](C)CCCC(C)C. The molecule has 0 amide bonds. The standard InChI is InChI=1S/C34H62O4/c1-26(2)12-9-13-27(3)14-10-15-28(4)16-11-17-29(5)24-25-37-32(35)22-23-33(36)38-31-20-18-30(19-21-31)34(6,7)8/h24,26-28,30-31H,9-23,25H2,1-8H3/b29-24+/t27-,28-,30?,31?/m1/s1. The van der Waals surface area contributed by atoms with Crippen LogP contribution in [-0.4, -0.2) is 24.6 Å². The van der Waals surface area contributed by atoms with Gasteiger partial charge in [-0.1, -0.05) is 99.0 Å². The molecule has 0 N–H and O–H groups in total. The highest BCUT2D eigenvalue weighted by molar-refractivity contribution is 5.77. The van der Waals surface area contributed by atoms with E-state index in [0.717, 1.165) is 49.9 Å². The monoisotopic (exact) mass is 534 g/mol. The summed E-state index contributed by atoms with van der Waals surface area (Å²) in [5.41, 5.74) is 1.59. The molecule has 0 aromatic heterocycles. The molecule has 0 aliphatic heterocycles. The Kier molecular flexibility index (Phi) is 17.2. The number of allylic oxidation sites excluding steroid dienone is 1. The molecule has 1 rings (SSSR count). The molecule has 1 fully saturated rings. The Balaban J connectivity index is 2.08. The van der Waals surface area contributed by atoms with E-state index in [0.29, 0.717) is 17.9 Å². The van der Waals surface area contributed by atoms with Crippen LogP contribution in [0.4, 0.5) is 0 Å². The van der Waals surface area contributed by atoms with Gasteiger partial charge in [0, 0.05) is 0 Å². The molecule has 0 radical (unpaired) electrons. The average molecular weight is 535 g/mol. The van der Waals surface area contributed by atoms with Crippen molar-refractivity contribution in [1.82, 2.24) is 0 Å². The van der Waals surface area contributed by atoms with Gasteiger partial charge in [-0.2, -0.15) is 0 Å². The van der Waals surface area contributed by atoms with Gasteiger partial charge in [-0.15, -0.1) is 0 Å². The second-order valence-corrected chi connectivity index (χ2v) is 13.9. The van der Waals surface area contributed by atoms with Gasteiger partial charge in [-0.05, 0) is 80.6 Å². The molecule has 1 aliphatic carbocycles. The third kappa shape index (κ3) is 17.3. The van der Waals surface area contributed by atoms with E-state index in [2.05, 4.69) is 55.4 Å². The number of hydrogen-bond donors (Lipinski definition) is 0. The Morgan fingerprint density at radius 2 is 1.29 bits per heavy atom. The molecule has 0 bridgehead atoms. The van der Waals surface area contributed by atoms with Crippen molar-refractivity contribution in [2.45, 2.75) is 158 Å². The number of carbonyl (C=O) groups excluding carboxylic acids is 2. The maximum absolute atomic E-state index is 12.2. The molecule has 4 heteroatoms.